The van der Waals surface area contributed by atoms with Crippen LogP contribution in [0, 0.1) is 0 Å². The molecule has 6 heteroatoms. The van der Waals surface area contributed by atoms with E-state index in [9.17, 15) is 4.79 Å². The maximum Gasteiger partial charge on any atom is 0.325 e. The van der Waals surface area contributed by atoms with Crippen LogP contribution in [-0.4, -0.2) is 35.1 Å². The van der Waals surface area contributed by atoms with Gasteiger partial charge in [0, 0.05) is 12.2 Å². The third kappa shape index (κ3) is 3.96. The number of esters is 1. The predicted molar refractivity (Wildman–Crippen MR) is 68.8 cm³/mol. The zero-order valence-corrected chi connectivity index (χ0v) is 11.8. The molecule has 1 aromatic heterocycles. The average Bonchev–Trinajstić information content (AvgIpc) is 2.27. The number of halogens is 1. The highest BCUT2D eigenvalue weighted by Gasteiger charge is 2.18. The largest absolute Gasteiger partial charge is 0.465 e. The van der Waals surface area contributed by atoms with E-state index in [1.165, 1.54) is 6.33 Å². The second-order valence-corrected chi connectivity index (χ2v) is 4.58. The molecule has 0 unspecified atom stereocenters. The second-order valence-electron chi connectivity index (χ2n) is 3.72. The number of nitrogens with zero attached hydrogens (tertiary/aromatic N) is 3. The number of carbonyl (C=O) groups excluding carboxylic acids is 1. The molecule has 1 rings (SSSR count). The van der Waals surface area contributed by atoms with Crippen LogP contribution in [0.5, 0.6) is 0 Å². The Morgan fingerprint density at radius 1 is 1.59 bits per heavy atom. The van der Waals surface area contributed by atoms with Gasteiger partial charge >= 0.3 is 5.97 Å². The van der Waals surface area contributed by atoms with Crippen molar-refractivity contribution in [1.29, 1.82) is 0 Å². The van der Waals surface area contributed by atoms with Crippen molar-refractivity contribution in [3.8, 4) is 0 Å². The van der Waals surface area contributed by atoms with Gasteiger partial charge in [-0.05, 0) is 36.7 Å². The summed E-state index contributed by atoms with van der Waals surface area (Å²) in [5.74, 6) is 0.440. The van der Waals surface area contributed by atoms with E-state index in [0.717, 1.165) is 4.47 Å². The molecule has 5 nitrogen and oxygen atoms in total. The Morgan fingerprint density at radius 2 is 2.29 bits per heavy atom. The first-order valence-corrected chi connectivity index (χ1v) is 6.23. The van der Waals surface area contributed by atoms with Gasteiger partial charge in [-0.15, -0.1) is 0 Å². The first-order valence-electron chi connectivity index (χ1n) is 5.44. The molecule has 0 saturated carbocycles. The van der Waals surface area contributed by atoms with Crippen LogP contribution in [0.15, 0.2) is 17.0 Å². The zero-order valence-electron chi connectivity index (χ0n) is 10.2. The minimum absolute atomic E-state index is 0.144. The Morgan fingerprint density at radius 3 is 2.82 bits per heavy atom. The molecule has 0 aliphatic heterocycles. The molecule has 0 N–H and O–H groups in total. The number of hydrogen-bond acceptors (Lipinski definition) is 5. The van der Waals surface area contributed by atoms with E-state index in [0.29, 0.717) is 12.4 Å². The van der Waals surface area contributed by atoms with E-state index in [2.05, 4.69) is 25.9 Å². The fourth-order valence-electron chi connectivity index (χ4n) is 1.37. The molecular weight excluding hydrogens is 286 g/mol. The highest BCUT2D eigenvalue weighted by Crippen LogP contribution is 2.23. The normalized spacial score (nSPS) is 10.4. The number of aromatic nitrogens is 2. The van der Waals surface area contributed by atoms with E-state index in [1.807, 2.05) is 18.7 Å². The van der Waals surface area contributed by atoms with Crippen LogP contribution in [0.4, 0.5) is 5.82 Å². The number of rotatable bonds is 5. The molecule has 0 spiro atoms. The van der Waals surface area contributed by atoms with Crippen molar-refractivity contribution in [3.05, 3.63) is 17.0 Å². The lowest BCUT2D eigenvalue weighted by molar-refractivity contribution is -0.141. The molecule has 0 aliphatic rings. The van der Waals surface area contributed by atoms with Gasteiger partial charge in [0.2, 0.25) is 0 Å². The summed E-state index contributed by atoms with van der Waals surface area (Å²) in [6.07, 6.45) is 3.11. The van der Waals surface area contributed by atoms with Gasteiger partial charge < -0.3 is 9.64 Å². The van der Waals surface area contributed by atoms with Crippen LogP contribution in [0.2, 0.25) is 0 Å². The topological polar surface area (TPSA) is 55.3 Å². The summed E-state index contributed by atoms with van der Waals surface area (Å²) in [6.45, 7) is 6.34. The Bertz CT molecular complexity index is 385. The summed E-state index contributed by atoms with van der Waals surface area (Å²) in [7, 11) is 0. The molecule has 94 valence electrons. The van der Waals surface area contributed by atoms with E-state index in [1.54, 1.807) is 13.1 Å². The Balaban J connectivity index is 2.87. The molecule has 0 aromatic carbocycles. The third-order valence-electron chi connectivity index (χ3n) is 2.15. The summed E-state index contributed by atoms with van der Waals surface area (Å²) < 4.78 is 5.71. The highest BCUT2D eigenvalue weighted by molar-refractivity contribution is 9.10. The van der Waals surface area contributed by atoms with Gasteiger partial charge in [0.15, 0.2) is 0 Å². The predicted octanol–water partition coefficient (Wildman–Crippen LogP) is 2.02. The maximum absolute atomic E-state index is 11.5. The summed E-state index contributed by atoms with van der Waals surface area (Å²) in [4.78, 5) is 21.5. The quantitative estimate of drug-likeness (QED) is 0.779. The first-order chi connectivity index (χ1) is 8.06. The standard InChI is InChI=1S/C11H16BrN3O2/c1-4-17-10(16)6-15(8(2)3)11-9(12)5-13-7-14-11/h5,7-8H,4,6H2,1-3H3. The van der Waals surface area contributed by atoms with Crippen LogP contribution in [0.25, 0.3) is 0 Å². The number of carbonyl (C=O) groups is 1. The van der Waals surface area contributed by atoms with Gasteiger partial charge in [0.05, 0.1) is 11.1 Å². The zero-order chi connectivity index (χ0) is 12.8. The number of hydrogen-bond donors (Lipinski definition) is 0. The minimum Gasteiger partial charge on any atom is -0.465 e. The molecule has 1 heterocycles. The van der Waals surface area contributed by atoms with E-state index in [4.69, 9.17) is 4.74 Å². The third-order valence-corrected chi connectivity index (χ3v) is 2.71. The van der Waals surface area contributed by atoms with E-state index in [-0.39, 0.29) is 18.6 Å². The second kappa shape index (κ2) is 6.54. The monoisotopic (exact) mass is 301 g/mol. The molecule has 0 fully saturated rings. The fraction of sp³-hybridized carbons (Fsp3) is 0.545. The van der Waals surface area contributed by atoms with Crippen LogP contribution in [0.1, 0.15) is 20.8 Å². The van der Waals surface area contributed by atoms with Crippen molar-refractivity contribution in [1.82, 2.24) is 9.97 Å². The molecule has 0 radical (unpaired) electrons. The minimum atomic E-state index is -0.258. The van der Waals surface area contributed by atoms with Crippen molar-refractivity contribution in [2.45, 2.75) is 26.8 Å². The molecule has 0 saturated heterocycles. The lowest BCUT2D eigenvalue weighted by atomic mass is 10.3. The fourth-order valence-corrected chi connectivity index (χ4v) is 1.81. The molecule has 1 aromatic rings. The number of ether oxygens (including phenoxy) is 1. The molecule has 17 heavy (non-hydrogen) atoms. The van der Waals surface area contributed by atoms with Gasteiger partial charge in [-0.25, -0.2) is 9.97 Å². The van der Waals surface area contributed by atoms with Crippen molar-refractivity contribution < 1.29 is 9.53 Å². The first kappa shape index (κ1) is 13.9. The van der Waals surface area contributed by atoms with Crippen molar-refractivity contribution in [3.63, 3.8) is 0 Å². The maximum atomic E-state index is 11.5. The number of anilines is 1. The molecule has 0 amide bonds. The van der Waals surface area contributed by atoms with Crippen LogP contribution in [0.3, 0.4) is 0 Å². The van der Waals surface area contributed by atoms with Gasteiger partial charge in [-0.3, -0.25) is 4.79 Å². The van der Waals surface area contributed by atoms with Crippen molar-refractivity contribution in [2.75, 3.05) is 18.1 Å². The molecular formula is C11H16BrN3O2. The van der Waals surface area contributed by atoms with Crippen LogP contribution >= 0.6 is 15.9 Å². The summed E-state index contributed by atoms with van der Waals surface area (Å²) in [5.41, 5.74) is 0. The lowest BCUT2D eigenvalue weighted by Crippen LogP contribution is -2.37. The Hall–Kier alpha value is -1.17. The van der Waals surface area contributed by atoms with Crippen molar-refractivity contribution in [2.24, 2.45) is 0 Å². The molecule has 0 bridgehead atoms. The SMILES string of the molecule is CCOC(=O)CN(c1ncncc1Br)C(C)C. The summed E-state index contributed by atoms with van der Waals surface area (Å²) in [6, 6.07) is 0.144. The van der Waals surface area contributed by atoms with Gasteiger partial charge in [0.25, 0.3) is 0 Å². The van der Waals surface area contributed by atoms with E-state index >= 15 is 0 Å². The molecule has 0 aliphatic carbocycles. The van der Waals surface area contributed by atoms with Gasteiger partial charge in [-0.2, -0.15) is 0 Å². The van der Waals surface area contributed by atoms with Crippen LogP contribution < -0.4 is 4.90 Å². The molecule has 0 atom stereocenters. The van der Waals surface area contributed by atoms with Gasteiger partial charge in [-0.1, -0.05) is 0 Å². The Kier molecular flexibility index (Phi) is 5.34. The smallest absolute Gasteiger partial charge is 0.325 e. The Labute approximate surface area is 109 Å². The van der Waals surface area contributed by atoms with Crippen molar-refractivity contribution >= 4 is 27.7 Å². The highest BCUT2D eigenvalue weighted by atomic mass is 79.9. The summed E-state index contributed by atoms with van der Waals surface area (Å²) in [5, 5.41) is 0. The average molecular weight is 302 g/mol. The van der Waals surface area contributed by atoms with Crippen LogP contribution in [-0.2, 0) is 9.53 Å². The van der Waals surface area contributed by atoms with Gasteiger partial charge in [0.1, 0.15) is 18.7 Å². The lowest BCUT2D eigenvalue weighted by Gasteiger charge is -2.27. The summed E-state index contributed by atoms with van der Waals surface area (Å²) >= 11 is 3.38. The van der Waals surface area contributed by atoms with E-state index < -0.39 is 0 Å².